The number of carbonyl (C=O) groups is 2. The summed E-state index contributed by atoms with van der Waals surface area (Å²) in [6, 6.07) is 21.7. The van der Waals surface area contributed by atoms with Gasteiger partial charge in [-0.25, -0.2) is 4.79 Å². The Morgan fingerprint density at radius 2 is 1.65 bits per heavy atom. The molecule has 3 aromatic rings. The molecule has 0 aliphatic heterocycles. The number of ether oxygens (including phenoxy) is 2. The van der Waals surface area contributed by atoms with Gasteiger partial charge in [0.1, 0.15) is 29.7 Å². The maximum Gasteiger partial charge on any atom is 0.341 e. The largest absolute Gasteiger partial charge is 0.489 e. The van der Waals surface area contributed by atoms with Crippen molar-refractivity contribution in [2.24, 2.45) is 0 Å². The van der Waals surface area contributed by atoms with Crippen LogP contribution in [0.15, 0.2) is 81.2 Å². The minimum atomic E-state index is -1.11. The fraction of sp³-hybridized carbons (Fsp3) is 0.0800. The Balaban J connectivity index is 1.66. The van der Waals surface area contributed by atoms with Crippen molar-refractivity contribution in [1.82, 2.24) is 0 Å². The first-order valence-electron chi connectivity index (χ1n) is 9.89. The Kier molecular flexibility index (Phi) is 8.85. The number of halogens is 2. The van der Waals surface area contributed by atoms with Crippen LogP contribution in [0, 0.1) is 11.3 Å². The van der Waals surface area contributed by atoms with Gasteiger partial charge < -0.3 is 19.9 Å². The maximum absolute atomic E-state index is 12.6. The third-order valence-electron chi connectivity index (χ3n) is 4.40. The molecule has 0 unspecified atom stereocenters. The van der Waals surface area contributed by atoms with E-state index in [2.05, 4.69) is 37.2 Å². The summed E-state index contributed by atoms with van der Waals surface area (Å²) in [5.74, 6) is -0.726. The number of carbonyl (C=O) groups excluding carboxylic acids is 1. The predicted octanol–water partition coefficient (Wildman–Crippen LogP) is 5.80. The van der Waals surface area contributed by atoms with Crippen LogP contribution in [0.2, 0.25) is 0 Å². The molecule has 0 spiro atoms. The number of nitrogens with zero attached hydrogens (tertiary/aromatic N) is 1. The summed E-state index contributed by atoms with van der Waals surface area (Å²) in [6.45, 7) is -0.0759. The second-order valence-corrected chi connectivity index (χ2v) is 8.63. The highest BCUT2D eigenvalue weighted by molar-refractivity contribution is 9.11. The maximum atomic E-state index is 12.6. The molecular formula is C25H18Br2N2O5. The molecule has 0 saturated carbocycles. The van der Waals surface area contributed by atoms with Crippen molar-refractivity contribution in [1.29, 1.82) is 5.26 Å². The van der Waals surface area contributed by atoms with Crippen LogP contribution in [-0.2, 0) is 16.2 Å². The van der Waals surface area contributed by atoms with Gasteiger partial charge in [-0.2, -0.15) is 5.26 Å². The number of rotatable bonds is 9. The van der Waals surface area contributed by atoms with Crippen molar-refractivity contribution in [3.63, 3.8) is 0 Å². The molecule has 0 heterocycles. The molecule has 9 heteroatoms. The van der Waals surface area contributed by atoms with Crippen LogP contribution in [0.3, 0.4) is 0 Å². The highest BCUT2D eigenvalue weighted by atomic mass is 79.9. The Hall–Kier alpha value is -3.61. The molecule has 0 saturated heterocycles. The number of amides is 1. The summed E-state index contributed by atoms with van der Waals surface area (Å²) >= 11 is 6.63. The summed E-state index contributed by atoms with van der Waals surface area (Å²) in [6.07, 6.45) is 1.42. The monoisotopic (exact) mass is 584 g/mol. The Morgan fingerprint density at radius 3 is 2.24 bits per heavy atom. The number of hydrogen-bond acceptors (Lipinski definition) is 5. The van der Waals surface area contributed by atoms with Gasteiger partial charge in [0.25, 0.3) is 5.91 Å². The van der Waals surface area contributed by atoms with Crippen LogP contribution in [0.5, 0.6) is 11.5 Å². The molecule has 0 radical (unpaired) electrons. The smallest absolute Gasteiger partial charge is 0.341 e. The normalized spacial score (nSPS) is 10.8. The molecule has 3 rings (SSSR count). The van der Waals surface area contributed by atoms with E-state index < -0.39 is 18.5 Å². The quantitative estimate of drug-likeness (QED) is 0.243. The number of hydrogen-bond donors (Lipinski definition) is 2. The molecule has 172 valence electrons. The van der Waals surface area contributed by atoms with Crippen LogP contribution in [0.1, 0.15) is 11.1 Å². The van der Waals surface area contributed by atoms with Crippen LogP contribution in [0.25, 0.3) is 6.08 Å². The number of benzene rings is 3. The van der Waals surface area contributed by atoms with E-state index in [0.29, 0.717) is 38.3 Å². The number of anilines is 1. The number of aliphatic carboxylic acids is 1. The molecular weight excluding hydrogens is 568 g/mol. The predicted molar refractivity (Wildman–Crippen MR) is 134 cm³/mol. The van der Waals surface area contributed by atoms with Crippen molar-refractivity contribution in [2.75, 3.05) is 11.9 Å². The SMILES string of the molecule is N#C/C(=C\c1cc(Br)c(OCC(=O)O)c(Br)c1)C(=O)Nc1ccc(OCc2ccccc2)cc1. The first-order chi connectivity index (χ1) is 16.4. The molecule has 0 fully saturated rings. The number of carboxylic acid groups (broad SMARTS) is 1. The molecule has 0 aromatic heterocycles. The Morgan fingerprint density at radius 1 is 1.00 bits per heavy atom. The molecule has 0 aliphatic rings. The van der Waals surface area contributed by atoms with Crippen LogP contribution >= 0.6 is 31.9 Å². The van der Waals surface area contributed by atoms with Crippen molar-refractivity contribution in [3.05, 3.63) is 92.4 Å². The van der Waals surface area contributed by atoms with E-state index in [4.69, 9.17) is 14.6 Å². The fourth-order valence-corrected chi connectivity index (χ4v) is 4.27. The zero-order valence-electron chi connectivity index (χ0n) is 17.6. The first-order valence-corrected chi connectivity index (χ1v) is 11.5. The lowest BCUT2D eigenvalue weighted by molar-refractivity contribution is -0.139. The van der Waals surface area contributed by atoms with E-state index in [1.165, 1.54) is 6.08 Å². The van der Waals surface area contributed by atoms with Gasteiger partial charge in [0, 0.05) is 5.69 Å². The van der Waals surface area contributed by atoms with Crippen LogP contribution in [0.4, 0.5) is 5.69 Å². The first kappa shape index (κ1) is 25.0. The molecule has 3 aromatic carbocycles. The van der Waals surface area contributed by atoms with Crippen molar-refractivity contribution >= 4 is 55.5 Å². The lowest BCUT2D eigenvalue weighted by Crippen LogP contribution is -2.13. The van der Waals surface area contributed by atoms with Crippen LogP contribution < -0.4 is 14.8 Å². The summed E-state index contributed by atoms with van der Waals surface area (Å²) in [5, 5.41) is 21.0. The summed E-state index contributed by atoms with van der Waals surface area (Å²) in [5.41, 5.74) is 1.99. The second kappa shape index (κ2) is 12.0. The molecule has 2 N–H and O–H groups in total. The van der Waals surface area contributed by atoms with E-state index >= 15 is 0 Å². The van der Waals surface area contributed by atoms with E-state index in [0.717, 1.165) is 5.56 Å². The lowest BCUT2D eigenvalue weighted by atomic mass is 10.1. The molecule has 1 amide bonds. The number of nitriles is 1. The summed E-state index contributed by atoms with van der Waals surface area (Å²) in [4.78, 5) is 23.3. The zero-order chi connectivity index (χ0) is 24.5. The Labute approximate surface area is 212 Å². The van der Waals surface area contributed by atoms with E-state index in [-0.39, 0.29) is 5.57 Å². The third-order valence-corrected chi connectivity index (χ3v) is 5.58. The molecule has 7 nitrogen and oxygen atoms in total. The van der Waals surface area contributed by atoms with Gasteiger partial charge in [0.05, 0.1) is 8.95 Å². The van der Waals surface area contributed by atoms with Crippen LogP contribution in [-0.4, -0.2) is 23.6 Å². The van der Waals surface area contributed by atoms with Crippen molar-refractivity contribution in [3.8, 4) is 17.6 Å². The molecule has 34 heavy (non-hydrogen) atoms. The topological polar surface area (TPSA) is 109 Å². The van der Waals surface area contributed by atoms with Crippen molar-refractivity contribution in [2.45, 2.75) is 6.61 Å². The van der Waals surface area contributed by atoms with Gasteiger partial charge >= 0.3 is 5.97 Å². The van der Waals surface area contributed by atoms with Gasteiger partial charge in [-0.15, -0.1) is 0 Å². The Bertz CT molecular complexity index is 1230. The van der Waals surface area contributed by atoms with Crippen molar-refractivity contribution < 1.29 is 24.2 Å². The number of nitrogens with one attached hydrogen (secondary N) is 1. The van der Waals surface area contributed by atoms with Gasteiger partial charge in [-0.3, -0.25) is 4.79 Å². The minimum absolute atomic E-state index is 0.109. The van der Waals surface area contributed by atoms with Gasteiger partial charge in [-0.1, -0.05) is 30.3 Å². The fourth-order valence-electron chi connectivity index (χ4n) is 2.82. The third kappa shape index (κ3) is 7.20. The second-order valence-electron chi connectivity index (χ2n) is 6.92. The van der Waals surface area contributed by atoms with Gasteiger partial charge in [0.15, 0.2) is 6.61 Å². The highest BCUT2D eigenvalue weighted by Gasteiger charge is 2.13. The van der Waals surface area contributed by atoms with E-state index in [9.17, 15) is 14.9 Å². The standard InChI is InChI=1S/C25H18Br2N2O5/c26-21-11-17(12-22(27)24(21)34-15-23(30)31)10-18(13-28)25(32)29-19-6-8-20(9-7-19)33-14-16-4-2-1-3-5-16/h1-12H,14-15H2,(H,29,32)(H,30,31)/b18-10+. The number of carboxylic acids is 1. The average molecular weight is 586 g/mol. The molecule has 0 bridgehead atoms. The van der Waals surface area contributed by atoms with E-state index in [1.807, 2.05) is 36.4 Å². The minimum Gasteiger partial charge on any atom is -0.489 e. The van der Waals surface area contributed by atoms with E-state index in [1.54, 1.807) is 36.4 Å². The van der Waals surface area contributed by atoms with Gasteiger partial charge in [-0.05, 0) is 85.5 Å². The zero-order valence-corrected chi connectivity index (χ0v) is 20.8. The summed E-state index contributed by atoms with van der Waals surface area (Å²) < 4.78 is 11.9. The van der Waals surface area contributed by atoms with Gasteiger partial charge in [0.2, 0.25) is 0 Å². The average Bonchev–Trinajstić information content (AvgIpc) is 2.82. The molecule has 0 aliphatic carbocycles. The molecule has 0 atom stereocenters. The lowest BCUT2D eigenvalue weighted by Gasteiger charge is -2.10. The highest BCUT2D eigenvalue weighted by Crippen LogP contribution is 2.35. The summed E-state index contributed by atoms with van der Waals surface area (Å²) in [7, 11) is 0.